The minimum absolute atomic E-state index is 0.101. The molecule has 1 aromatic carbocycles. The Morgan fingerprint density at radius 1 is 1.29 bits per heavy atom. The first kappa shape index (κ1) is 24.8. The van der Waals surface area contributed by atoms with Crippen LogP contribution in [0.2, 0.25) is 0 Å². The van der Waals surface area contributed by atoms with Gasteiger partial charge in [-0.15, -0.1) is 17.9 Å². The van der Waals surface area contributed by atoms with Gasteiger partial charge in [-0.2, -0.15) is 0 Å². The molecule has 6 nitrogen and oxygen atoms in total. The van der Waals surface area contributed by atoms with Crippen LogP contribution < -0.4 is 5.56 Å². The van der Waals surface area contributed by atoms with Gasteiger partial charge in [0.1, 0.15) is 10.7 Å². The average Bonchev–Trinajstić information content (AvgIpc) is 3.25. The molecule has 1 saturated carbocycles. The normalized spacial score (nSPS) is 15.8. The predicted octanol–water partition coefficient (Wildman–Crippen LogP) is 4.97. The number of rotatable bonds is 10. The highest BCUT2D eigenvalue weighted by Crippen LogP contribution is 2.33. The van der Waals surface area contributed by atoms with Crippen LogP contribution in [0.15, 0.2) is 41.0 Å². The molecule has 0 amide bonds. The topological polar surface area (TPSA) is 78.5 Å². The molecule has 182 valence electrons. The Hall–Kier alpha value is -2.32. The van der Waals surface area contributed by atoms with Gasteiger partial charge in [-0.25, -0.2) is 4.98 Å². The second-order valence-corrected chi connectivity index (χ2v) is 10.2. The molecule has 2 heterocycles. The van der Waals surface area contributed by atoms with Crippen molar-refractivity contribution >= 4 is 21.6 Å². The van der Waals surface area contributed by atoms with E-state index >= 15 is 0 Å². The minimum Gasteiger partial charge on any atom is -0.389 e. The van der Waals surface area contributed by atoms with Crippen molar-refractivity contribution in [1.29, 1.82) is 0 Å². The molecule has 0 bridgehead atoms. The molecular formula is C27H35N3O3S. The highest BCUT2D eigenvalue weighted by molar-refractivity contribution is 7.17. The zero-order valence-corrected chi connectivity index (χ0v) is 21.0. The van der Waals surface area contributed by atoms with Crippen molar-refractivity contribution in [2.75, 3.05) is 19.8 Å². The Bertz CT molecular complexity index is 1180. The van der Waals surface area contributed by atoms with E-state index in [1.54, 1.807) is 6.08 Å². The number of aromatic nitrogens is 2. The number of nitrogens with one attached hydrogen (secondary N) is 1. The number of H-pyrrole nitrogens is 1. The van der Waals surface area contributed by atoms with E-state index in [9.17, 15) is 9.90 Å². The summed E-state index contributed by atoms with van der Waals surface area (Å²) in [5, 5.41) is 13.3. The van der Waals surface area contributed by atoms with E-state index in [1.807, 2.05) is 5.38 Å². The minimum atomic E-state index is -0.602. The number of hydrogen-bond donors (Lipinski definition) is 2. The molecule has 0 spiro atoms. The molecule has 0 aliphatic heterocycles. The lowest BCUT2D eigenvalue weighted by molar-refractivity contribution is 0.00880. The van der Waals surface area contributed by atoms with Crippen molar-refractivity contribution in [2.45, 2.75) is 64.6 Å². The van der Waals surface area contributed by atoms with E-state index in [2.05, 4.69) is 48.5 Å². The maximum Gasteiger partial charge on any atom is 0.260 e. The third kappa shape index (κ3) is 5.84. The van der Waals surface area contributed by atoms with Gasteiger partial charge in [0.2, 0.25) is 0 Å². The van der Waals surface area contributed by atoms with Crippen molar-refractivity contribution in [1.82, 2.24) is 14.9 Å². The summed E-state index contributed by atoms with van der Waals surface area (Å²) >= 11 is 1.51. The molecule has 0 unspecified atom stereocenters. The van der Waals surface area contributed by atoms with Crippen LogP contribution in [0.4, 0.5) is 0 Å². The summed E-state index contributed by atoms with van der Waals surface area (Å²) < 4.78 is 5.46. The van der Waals surface area contributed by atoms with Crippen LogP contribution in [0.5, 0.6) is 0 Å². The van der Waals surface area contributed by atoms with Gasteiger partial charge in [0.15, 0.2) is 0 Å². The number of nitrogens with zero attached hydrogens (tertiary/aromatic N) is 2. The smallest absolute Gasteiger partial charge is 0.260 e. The van der Waals surface area contributed by atoms with E-state index in [4.69, 9.17) is 9.72 Å². The first-order valence-corrected chi connectivity index (χ1v) is 13.0. The van der Waals surface area contributed by atoms with E-state index < -0.39 is 6.10 Å². The van der Waals surface area contributed by atoms with Crippen molar-refractivity contribution < 1.29 is 9.84 Å². The maximum atomic E-state index is 13.2. The molecule has 7 heteroatoms. The Kier molecular flexibility index (Phi) is 8.32. The van der Waals surface area contributed by atoms with E-state index in [1.165, 1.54) is 36.2 Å². The van der Waals surface area contributed by atoms with Gasteiger partial charge in [-0.3, -0.25) is 9.69 Å². The van der Waals surface area contributed by atoms with Crippen molar-refractivity contribution in [3.8, 4) is 11.1 Å². The van der Waals surface area contributed by atoms with E-state index in [-0.39, 0.29) is 12.2 Å². The van der Waals surface area contributed by atoms with Crippen LogP contribution in [0, 0.1) is 13.8 Å². The SMILES string of the molecule is C=CCOC[C@@H](O)CN(Cc1nc2scc(-c3cc(C)ccc3C)c2c(=O)[nH]1)C1CCCCC1. The molecule has 1 aliphatic carbocycles. The summed E-state index contributed by atoms with van der Waals surface area (Å²) in [6.45, 7) is 9.47. The van der Waals surface area contributed by atoms with Gasteiger partial charge in [-0.1, -0.05) is 49.1 Å². The van der Waals surface area contributed by atoms with Crippen LogP contribution in [0.1, 0.15) is 49.1 Å². The van der Waals surface area contributed by atoms with Crippen LogP contribution >= 0.6 is 11.3 Å². The molecule has 1 fully saturated rings. The second kappa shape index (κ2) is 11.4. The Morgan fingerprint density at radius 2 is 2.09 bits per heavy atom. The van der Waals surface area contributed by atoms with Gasteiger partial charge < -0.3 is 14.8 Å². The Balaban J connectivity index is 1.60. The number of aryl methyl sites for hydroxylation is 2. The number of ether oxygens (including phenoxy) is 1. The summed E-state index contributed by atoms with van der Waals surface area (Å²) in [5.41, 5.74) is 4.23. The highest BCUT2D eigenvalue weighted by atomic mass is 32.1. The third-order valence-corrected chi connectivity index (χ3v) is 7.48. The van der Waals surface area contributed by atoms with E-state index in [0.717, 1.165) is 34.4 Å². The molecule has 4 rings (SSSR count). The molecule has 2 N–H and O–H groups in total. The zero-order chi connectivity index (χ0) is 24.1. The monoisotopic (exact) mass is 481 g/mol. The van der Waals surface area contributed by atoms with Crippen LogP contribution in [0.25, 0.3) is 21.3 Å². The molecule has 2 aromatic heterocycles. The summed E-state index contributed by atoms with van der Waals surface area (Å²) in [6, 6.07) is 6.68. The summed E-state index contributed by atoms with van der Waals surface area (Å²) in [6.07, 6.45) is 6.92. The third-order valence-electron chi connectivity index (χ3n) is 6.61. The lowest BCUT2D eigenvalue weighted by Gasteiger charge is -2.35. The molecule has 34 heavy (non-hydrogen) atoms. The average molecular weight is 482 g/mol. The molecule has 0 radical (unpaired) electrons. The largest absolute Gasteiger partial charge is 0.389 e. The predicted molar refractivity (Wildman–Crippen MR) is 139 cm³/mol. The van der Waals surface area contributed by atoms with Gasteiger partial charge >= 0.3 is 0 Å². The molecule has 1 atom stereocenters. The van der Waals surface area contributed by atoms with Gasteiger partial charge in [0, 0.05) is 23.5 Å². The molecular weight excluding hydrogens is 446 g/mol. The number of aromatic amines is 1. The summed E-state index contributed by atoms with van der Waals surface area (Å²) in [4.78, 5) is 24.1. The van der Waals surface area contributed by atoms with Gasteiger partial charge in [-0.05, 0) is 37.8 Å². The molecule has 3 aromatic rings. The van der Waals surface area contributed by atoms with Crippen molar-refractivity contribution in [3.05, 3.63) is 63.5 Å². The number of benzene rings is 1. The number of fused-ring (bicyclic) bond motifs is 1. The lowest BCUT2D eigenvalue weighted by atomic mass is 9.94. The summed E-state index contributed by atoms with van der Waals surface area (Å²) in [5.74, 6) is 0.650. The standard InChI is InChI=1S/C27H35N3O3S/c1-4-12-33-16-21(31)14-30(20-8-6-5-7-9-20)15-24-28-26(32)25-23(17-34-27(25)29-24)22-13-18(2)10-11-19(22)3/h4,10-11,13,17,20-21,31H,1,5-9,12,14-16H2,2-3H3,(H,28,29,32)/t21-/m0/s1. The van der Waals surface area contributed by atoms with Crippen molar-refractivity contribution in [3.63, 3.8) is 0 Å². The fraction of sp³-hybridized carbons (Fsp3) is 0.481. The van der Waals surface area contributed by atoms with Gasteiger partial charge in [0.05, 0.1) is 31.2 Å². The van der Waals surface area contributed by atoms with Crippen molar-refractivity contribution in [2.24, 2.45) is 0 Å². The lowest BCUT2D eigenvalue weighted by Crippen LogP contribution is -2.43. The first-order chi connectivity index (χ1) is 16.5. The van der Waals surface area contributed by atoms with E-state index in [0.29, 0.717) is 36.9 Å². The number of hydrogen-bond acceptors (Lipinski definition) is 6. The Labute approximate surface area is 205 Å². The highest BCUT2D eigenvalue weighted by Gasteiger charge is 2.25. The van der Waals surface area contributed by atoms with Crippen LogP contribution in [-0.2, 0) is 11.3 Å². The summed E-state index contributed by atoms with van der Waals surface area (Å²) in [7, 11) is 0. The maximum absolute atomic E-state index is 13.2. The zero-order valence-electron chi connectivity index (χ0n) is 20.2. The molecule has 1 aliphatic rings. The first-order valence-electron chi connectivity index (χ1n) is 12.1. The number of aliphatic hydroxyl groups is 1. The second-order valence-electron chi connectivity index (χ2n) is 9.36. The van der Waals surface area contributed by atoms with Crippen LogP contribution in [-0.4, -0.2) is 51.9 Å². The number of thiophene rings is 1. The number of aliphatic hydroxyl groups excluding tert-OH is 1. The quantitative estimate of drug-likeness (QED) is 0.316. The Morgan fingerprint density at radius 3 is 2.85 bits per heavy atom. The molecule has 0 saturated heterocycles. The fourth-order valence-electron chi connectivity index (χ4n) is 4.88. The van der Waals surface area contributed by atoms with Crippen LogP contribution in [0.3, 0.4) is 0 Å². The van der Waals surface area contributed by atoms with Gasteiger partial charge in [0.25, 0.3) is 5.56 Å². The fourth-order valence-corrected chi connectivity index (χ4v) is 5.84.